The van der Waals surface area contributed by atoms with Crippen LogP contribution in [0.5, 0.6) is 5.75 Å². The minimum atomic E-state index is -0.956. The normalized spacial score (nSPS) is 17.2. The average molecular weight is 499 g/mol. The van der Waals surface area contributed by atoms with E-state index in [0.29, 0.717) is 5.11 Å². The summed E-state index contributed by atoms with van der Waals surface area (Å²) in [7, 11) is 1.65. The Morgan fingerprint density at radius 3 is 2.56 bits per heavy atom. The van der Waals surface area contributed by atoms with Crippen LogP contribution in [0.15, 0.2) is 79.0 Å². The molecule has 182 valence electrons. The molecular formula is C28H26N4O3S. The zero-order valence-electron chi connectivity index (χ0n) is 20.2. The maximum absolute atomic E-state index is 11.6. The van der Waals surface area contributed by atoms with Gasteiger partial charge in [0, 0.05) is 23.3 Å². The molecule has 0 bridgehead atoms. The van der Waals surface area contributed by atoms with Crippen molar-refractivity contribution in [1.82, 2.24) is 14.9 Å². The summed E-state index contributed by atoms with van der Waals surface area (Å²) in [6, 6.07) is 22.4. The fraction of sp³-hybridized carbons (Fsp3) is 0.179. The first-order chi connectivity index (χ1) is 17.4. The van der Waals surface area contributed by atoms with Crippen LogP contribution in [0.25, 0.3) is 5.69 Å². The molecule has 8 heteroatoms. The molecule has 7 nitrogen and oxygen atoms in total. The number of hydrogen-bond donors (Lipinski definition) is 2. The lowest BCUT2D eigenvalue weighted by molar-refractivity contribution is 0.0697. The van der Waals surface area contributed by atoms with E-state index in [-0.39, 0.29) is 17.6 Å². The minimum absolute atomic E-state index is 0.206. The van der Waals surface area contributed by atoms with Crippen molar-refractivity contribution in [2.45, 2.75) is 25.9 Å². The Morgan fingerprint density at radius 1 is 1.06 bits per heavy atom. The number of aromatic carboxylic acids is 1. The highest BCUT2D eigenvalue weighted by Gasteiger charge is 2.43. The van der Waals surface area contributed by atoms with Crippen LogP contribution in [0, 0.1) is 13.8 Å². The number of anilines is 1. The Bertz CT molecular complexity index is 1450. The number of pyridine rings is 1. The number of ether oxygens (including phenoxy) is 1. The number of carboxylic acid groups (broad SMARTS) is 1. The van der Waals surface area contributed by atoms with Crippen molar-refractivity contribution in [2.24, 2.45) is 0 Å². The number of rotatable bonds is 6. The highest BCUT2D eigenvalue weighted by molar-refractivity contribution is 7.80. The molecule has 2 aromatic carbocycles. The largest absolute Gasteiger partial charge is 0.495 e. The number of aromatic nitrogens is 2. The van der Waals surface area contributed by atoms with Gasteiger partial charge >= 0.3 is 5.97 Å². The summed E-state index contributed by atoms with van der Waals surface area (Å²) in [6.45, 7) is 4.07. The van der Waals surface area contributed by atoms with Gasteiger partial charge in [-0.05, 0) is 80.2 Å². The third-order valence-electron chi connectivity index (χ3n) is 6.58. The minimum Gasteiger partial charge on any atom is -0.495 e. The molecule has 3 heterocycles. The molecule has 0 saturated carbocycles. The molecule has 1 aliphatic heterocycles. The van der Waals surface area contributed by atoms with Crippen molar-refractivity contribution >= 4 is 29.0 Å². The molecule has 2 N–H and O–H groups in total. The van der Waals surface area contributed by atoms with Gasteiger partial charge in [0.25, 0.3) is 0 Å². The van der Waals surface area contributed by atoms with E-state index in [4.69, 9.17) is 17.0 Å². The zero-order chi connectivity index (χ0) is 25.4. The molecule has 0 radical (unpaired) electrons. The molecule has 36 heavy (non-hydrogen) atoms. The van der Waals surface area contributed by atoms with Crippen LogP contribution in [0.1, 0.15) is 45.1 Å². The smallest absolute Gasteiger partial charge is 0.335 e. The van der Waals surface area contributed by atoms with E-state index < -0.39 is 5.97 Å². The standard InChI is InChI=1S/C28H26N4O3S/c1-17-15-21(18(2)31(17)20-10-8-9-19(16-20)27(33)34)26-25(22-11-6-7-14-29-22)30-28(36)32(26)23-12-4-5-13-24(23)35-3/h4-16,25-26H,1-3H3,(H,30,36)(H,33,34)/t25-,26+/m1/s1. The molecule has 2 atom stereocenters. The van der Waals surface area contributed by atoms with Gasteiger partial charge in [0.15, 0.2) is 5.11 Å². The number of benzene rings is 2. The number of hydrogen-bond acceptors (Lipinski definition) is 4. The Kier molecular flexibility index (Phi) is 6.20. The van der Waals surface area contributed by atoms with Gasteiger partial charge in [-0.1, -0.05) is 24.3 Å². The molecule has 2 aromatic heterocycles. The summed E-state index contributed by atoms with van der Waals surface area (Å²) >= 11 is 5.87. The number of carboxylic acids is 1. The number of methoxy groups -OCH3 is 1. The second kappa shape index (κ2) is 9.47. The summed E-state index contributed by atoms with van der Waals surface area (Å²) < 4.78 is 7.77. The monoisotopic (exact) mass is 498 g/mol. The summed E-state index contributed by atoms with van der Waals surface area (Å²) in [5, 5.41) is 13.6. The van der Waals surface area contributed by atoms with Gasteiger partial charge in [-0.25, -0.2) is 4.79 Å². The number of para-hydroxylation sites is 2. The van der Waals surface area contributed by atoms with Gasteiger partial charge in [-0.15, -0.1) is 0 Å². The molecule has 4 aromatic rings. The molecule has 0 aliphatic carbocycles. The van der Waals surface area contributed by atoms with Gasteiger partial charge in [-0.3, -0.25) is 4.98 Å². The van der Waals surface area contributed by atoms with Crippen molar-refractivity contribution in [3.63, 3.8) is 0 Å². The number of thiocarbonyl (C=S) groups is 1. The number of nitrogens with one attached hydrogen (secondary N) is 1. The van der Waals surface area contributed by atoms with Crippen molar-refractivity contribution in [1.29, 1.82) is 0 Å². The Balaban J connectivity index is 1.70. The third kappa shape index (κ3) is 3.99. The van der Waals surface area contributed by atoms with Crippen LogP contribution in [0.3, 0.4) is 0 Å². The first kappa shape index (κ1) is 23.6. The topological polar surface area (TPSA) is 79.6 Å². The van der Waals surface area contributed by atoms with Crippen molar-refractivity contribution < 1.29 is 14.6 Å². The first-order valence-corrected chi connectivity index (χ1v) is 12.0. The Labute approximate surface area is 215 Å². The third-order valence-corrected chi connectivity index (χ3v) is 6.90. The number of carbonyl (C=O) groups is 1. The molecule has 5 rings (SSSR count). The zero-order valence-corrected chi connectivity index (χ0v) is 21.0. The van der Waals surface area contributed by atoms with E-state index in [9.17, 15) is 9.90 Å². The van der Waals surface area contributed by atoms with Gasteiger partial charge < -0.3 is 24.6 Å². The number of aryl methyl sites for hydroxylation is 1. The summed E-state index contributed by atoms with van der Waals surface area (Å²) in [5.41, 5.74) is 5.81. The van der Waals surface area contributed by atoms with E-state index in [1.807, 2.05) is 62.4 Å². The fourth-order valence-electron chi connectivity index (χ4n) is 5.02. The van der Waals surface area contributed by atoms with Crippen LogP contribution in [0.4, 0.5) is 5.69 Å². The van der Waals surface area contributed by atoms with Gasteiger partial charge in [0.2, 0.25) is 0 Å². The molecule has 1 fully saturated rings. The lowest BCUT2D eigenvalue weighted by Crippen LogP contribution is -2.30. The van der Waals surface area contributed by atoms with E-state index in [2.05, 4.69) is 25.8 Å². The highest BCUT2D eigenvalue weighted by atomic mass is 32.1. The number of nitrogens with zero attached hydrogens (tertiary/aromatic N) is 3. The van der Waals surface area contributed by atoms with Crippen LogP contribution in [-0.2, 0) is 0 Å². The van der Waals surface area contributed by atoms with Crippen molar-refractivity contribution in [3.05, 3.63) is 107 Å². The lowest BCUT2D eigenvalue weighted by Gasteiger charge is -2.29. The average Bonchev–Trinajstić information content (AvgIpc) is 3.39. The summed E-state index contributed by atoms with van der Waals surface area (Å²) in [5.74, 6) is -0.237. The van der Waals surface area contributed by atoms with Gasteiger partial charge in [0.05, 0.1) is 36.1 Å². The predicted molar refractivity (Wildman–Crippen MR) is 143 cm³/mol. The molecule has 1 aliphatic rings. The molecule has 0 unspecified atom stereocenters. The maximum Gasteiger partial charge on any atom is 0.335 e. The van der Waals surface area contributed by atoms with E-state index in [1.54, 1.807) is 31.5 Å². The van der Waals surface area contributed by atoms with E-state index in [0.717, 1.165) is 39.8 Å². The second-order valence-electron chi connectivity index (χ2n) is 8.69. The molecule has 1 saturated heterocycles. The molecule has 0 amide bonds. The lowest BCUT2D eigenvalue weighted by atomic mass is 9.96. The van der Waals surface area contributed by atoms with Crippen LogP contribution in [-0.4, -0.2) is 32.8 Å². The van der Waals surface area contributed by atoms with Gasteiger partial charge in [0.1, 0.15) is 5.75 Å². The Morgan fingerprint density at radius 2 is 1.83 bits per heavy atom. The van der Waals surface area contributed by atoms with Crippen molar-refractivity contribution in [3.8, 4) is 11.4 Å². The van der Waals surface area contributed by atoms with Crippen LogP contribution in [0.2, 0.25) is 0 Å². The predicted octanol–water partition coefficient (Wildman–Crippen LogP) is 5.37. The molecular weight excluding hydrogens is 472 g/mol. The fourth-order valence-corrected chi connectivity index (χ4v) is 5.36. The van der Waals surface area contributed by atoms with Crippen LogP contribution >= 0.6 is 12.2 Å². The highest BCUT2D eigenvalue weighted by Crippen LogP contribution is 2.46. The van der Waals surface area contributed by atoms with E-state index >= 15 is 0 Å². The summed E-state index contributed by atoms with van der Waals surface area (Å²) in [4.78, 5) is 18.3. The quantitative estimate of drug-likeness (QED) is 0.346. The second-order valence-corrected chi connectivity index (χ2v) is 9.07. The van der Waals surface area contributed by atoms with Crippen LogP contribution < -0.4 is 15.0 Å². The maximum atomic E-state index is 11.6. The summed E-state index contributed by atoms with van der Waals surface area (Å²) in [6.07, 6.45) is 1.78. The molecule has 0 spiro atoms. The van der Waals surface area contributed by atoms with Crippen molar-refractivity contribution in [2.75, 3.05) is 12.0 Å². The first-order valence-electron chi connectivity index (χ1n) is 11.6. The Hall–Kier alpha value is -4.17. The van der Waals surface area contributed by atoms with Gasteiger partial charge in [-0.2, -0.15) is 0 Å². The van der Waals surface area contributed by atoms with E-state index in [1.165, 1.54) is 0 Å². The SMILES string of the molecule is COc1ccccc1N1C(=S)N[C@H](c2ccccn2)[C@@H]1c1cc(C)n(-c2cccc(C(=O)O)c2)c1C.